The molecule has 172 valence electrons. The Labute approximate surface area is 186 Å². The molecule has 0 spiro atoms. The van der Waals surface area contributed by atoms with Crippen molar-refractivity contribution >= 4 is 0 Å². The number of halogens is 1. The van der Waals surface area contributed by atoms with E-state index in [2.05, 4.69) is 27.7 Å². The van der Waals surface area contributed by atoms with Gasteiger partial charge in [0.15, 0.2) is 0 Å². The van der Waals surface area contributed by atoms with Crippen LogP contribution >= 0.6 is 0 Å². The van der Waals surface area contributed by atoms with E-state index in [0.717, 1.165) is 0 Å². The van der Waals surface area contributed by atoms with E-state index in [4.69, 9.17) is 0 Å². The smallest absolute Gasteiger partial charge is 0.0786 e. The van der Waals surface area contributed by atoms with E-state index in [9.17, 15) is 0 Å². The number of hydrogen-bond donors (Lipinski definition) is 0. The van der Waals surface area contributed by atoms with Crippen LogP contribution in [0.15, 0.2) is 0 Å². The highest BCUT2D eigenvalue weighted by Crippen LogP contribution is 2.19. The zero-order valence-corrected chi connectivity index (χ0v) is 21.1. The van der Waals surface area contributed by atoms with Crippen molar-refractivity contribution in [2.45, 2.75) is 143 Å². The molecule has 28 heavy (non-hydrogen) atoms. The van der Waals surface area contributed by atoms with Crippen molar-refractivity contribution in [3.63, 3.8) is 0 Å². The Morgan fingerprint density at radius 3 is 0.821 bits per heavy atom. The molecule has 0 saturated carbocycles. The summed E-state index contributed by atoms with van der Waals surface area (Å²) in [5.41, 5.74) is 0. The summed E-state index contributed by atoms with van der Waals surface area (Å²) in [5, 5.41) is 0. The molecular formula is C26H56ClN. The summed E-state index contributed by atoms with van der Waals surface area (Å²) in [5.74, 6) is 0. The number of quaternary nitrogens is 1. The molecule has 0 heterocycles. The molecule has 0 aliphatic rings. The van der Waals surface area contributed by atoms with Gasteiger partial charge in [0, 0.05) is 0 Å². The van der Waals surface area contributed by atoms with Crippen LogP contribution in [0.1, 0.15) is 143 Å². The summed E-state index contributed by atoms with van der Waals surface area (Å²) in [6, 6.07) is 0. The summed E-state index contributed by atoms with van der Waals surface area (Å²) in [6.45, 7) is 15.2. The van der Waals surface area contributed by atoms with E-state index < -0.39 is 0 Å². The van der Waals surface area contributed by atoms with Gasteiger partial charge >= 0.3 is 0 Å². The van der Waals surface area contributed by atoms with Crippen LogP contribution in [0.25, 0.3) is 0 Å². The highest BCUT2D eigenvalue weighted by Gasteiger charge is 2.25. The normalized spacial score (nSPS) is 11.6. The predicted molar refractivity (Wildman–Crippen MR) is 126 cm³/mol. The Bertz CT molecular complexity index is 244. The summed E-state index contributed by atoms with van der Waals surface area (Å²) in [6.07, 6.45) is 25.8. The Hall–Kier alpha value is 0.250. The van der Waals surface area contributed by atoms with Gasteiger partial charge in [0.05, 0.1) is 26.2 Å². The van der Waals surface area contributed by atoms with Gasteiger partial charge in [0.2, 0.25) is 0 Å². The van der Waals surface area contributed by atoms with Gasteiger partial charge in [0.1, 0.15) is 0 Å². The average molecular weight is 418 g/mol. The second-order valence-corrected chi connectivity index (χ2v) is 9.19. The molecule has 0 saturated heterocycles. The molecule has 0 fully saturated rings. The molecule has 0 atom stereocenters. The first-order valence-corrected chi connectivity index (χ1v) is 13.1. The minimum Gasteiger partial charge on any atom is -1.00 e. The summed E-state index contributed by atoms with van der Waals surface area (Å²) in [4.78, 5) is 0. The lowest BCUT2D eigenvalue weighted by Crippen LogP contribution is -3.00. The minimum absolute atomic E-state index is 0. The van der Waals surface area contributed by atoms with Crippen LogP contribution < -0.4 is 12.4 Å². The van der Waals surface area contributed by atoms with Gasteiger partial charge < -0.3 is 16.9 Å². The fraction of sp³-hybridized carbons (Fsp3) is 1.00. The zero-order chi connectivity index (χ0) is 20.1. The van der Waals surface area contributed by atoms with Crippen molar-refractivity contribution in [3.05, 3.63) is 0 Å². The SMILES string of the molecule is CCCCCCC[N+](CCCCC)(CCCCCCC)CCCCCCC.[Cl-]. The van der Waals surface area contributed by atoms with Crippen LogP contribution in [0.2, 0.25) is 0 Å². The molecule has 0 rings (SSSR count). The second-order valence-electron chi connectivity index (χ2n) is 9.19. The second kappa shape index (κ2) is 23.5. The van der Waals surface area contributed by atoms with Gasteiger partial charge in [-0.1, -0.05) is 91.9 Å². The Morgan fingerprint density at radius 1 is 0.321 bits per heavy atom. The van der Waals surface area contributed by atoms with Gasteiger partial charge in [-0.3, -0.25) is 0 Å². The van der Waals surface area contributed by atoms with Gasteiger partial charge in [-0.25, -0.2) is 0 Å². The monoisotopic (exact) mass is 417 g/mol. The van der Waals surface area contributed by atoms with E-state index in [0.29, 0.717) is 0 Å². The van der Waals surface area contributed by atoms with Crippen LogP contribution in [0.3, 0.4) is 0 Å². The van der Waals surface area contributed by atoms with E-state index in [-0.39, 0.29) is 12.4 Å². The maximum Gasteiger partial charge on any atom is 0.0786 e. The maximum atomic E-state index is 2.36. The lowest BCUT2D eigenvalue weighted by Gasteiger charge is -2.39. The Kier molecular flexibility index (Phi) is 25.6. The van der Waals surface area contributed by atoms with Crippen molar-refractivity contribution in [1.82, 2.24) is 0 Å². The Morgan fingerprint density at radius 2 is 0.536 bits per heavy atom. The third-order valence-electron chi connectivity index (χ3n) is 6.44. The highest BCUT2D eigenvalue weighted by molar-refractivity contribution is 4.53. The standard InChI is InChI=1S/C26H56N.ClH/c1-5-9-13-16-20-24-27(23-19-12-8-4,25-21-17-14-10-6-2)26-22-18-15-11-7-3;/h5-26H2,1-4H3;1H/q+1;/p-1. The van der Waals surface area contributed by atoms with Gasteiger partial charge in [-0.15, -0.1) is 0 Å². The number of nitrogens with zero attached hydrogens (tertiary/aromatic N) is 1. The first-order chi connectivity index (χ1) is 13.2. The van der Waals surface area contributed by atoms with Crippen LogP contribution in [0, 0.1) is 0 Å². The first kappa shape index (κ1) is 30.4. The highest BCUT2D eigenvalue weighted by atomic mass is 35.5. The molecule has 0 unspecified atom stereocenters. The van der Waals surface area contributed by atoms with Gasteiger partial charge in [-0.05, 0) is 51.4 Å². The molecule has 0 aromatic carbocycles. The Balaban J connectivity index is 0. The van der Waals surface area contributed by atoms with E-state index >= 15 is 0 Å². The summed E-state index contributed by atoms with van der Waals surface area (Å²) in [7, 11) is 0. The number of unbranched alkanes of at least 4 members (excludes halogenated alkanes) is 14. The van der Waals surface area contributed by atoms with Crippen LogP contribution in [0.4, 0.5) is 0 Å². The molecule has 0 aromatic heterocycles. The summed E-state index contributed by atoms with van der Waals surface area (Å²) >= 11 is 0. The fourth-order valence-corrected chi connectivity index (χ4v) is 4.52. The number of rotatable bonds is 22. The van der Waals surface area contributed by atoms with Gasteiger partial charge in [-0.2, -0.15) is 0 Å². The van der Waals surface area contributed by atoms with Crippen molar-refractivity contribution in [2.24, 2.45) is 0 Å². The maximum absolute atomic E-state index is 2.36. The van der Waals surface area contributed by atoms with Crippen molar-refractivity contribution in [2.75, 3.05) is 26.2 Å². The number of hydrogen-bond acceptors (Lipinski definition) is 0. The third-order valence-corrected chi connectivity index (χ3v) is 6.44. The van der Waals surface area contributed by atoms with Crippen LogP contribution in [0.5, 0.6) is 0 Å². The lowest BCUT2D eigenvalue weighted by molar-refractivity contribution is -0.929. The third kappa shape index (κ3) is 18.3. The first-order valence-electron chi connectivity index (χ1n) is 13.1. The lowest BCUT2D eigenvalue weighted by atomic mass is 10.1. The van der Waals surface area contributed by atoms with E-state index in [1.54, 1.807) is 0 Å². The summed E-state index contributed by atoms with van der Waals surface area (Å²) < 4.78 is 1.46. The molecule has 0 bridgehead atoms. The molecular weight excluding hydrogens is 362 g/mol. The molecule has 2 heteroatoms. The molecule has 0 N–H and O–H groups in total. The van der Waals surface area contributed by atoms with E-state index in [1.807, 2.05) is 0 Å². The van der Waals surface area contributed by atoms with Gasteiger partial charge in [0.25, 0.3) is 0 Å². The topological polar surface area (TPSA) is 0 Å². The van der Waals surface area contributed by atoms with Crippen molar-refractivity contribution in [3.8, 4) is 0 Å². The van der Waals surface area contributed by atoms with Crippen LogP contribution in [-0.4, -0.2) is 30.7 Å². The van der Waals surface area contributed by atoms with Crippen molar-refractivity contribution < 1.29 is 16.9 Å². The molecule has 0 aliphatic carbocycles. The molecule has 0 radical (unpaired) electrons. The zero-order valence-electron chi connectivity index (χ0n) is 20.4. The quantitative estimate of drug-likeness (QED) is 0.152. The molecule has 0 aliphatic heterocycles. The molecule has 1 nitrogen and oxygen atoms in total. The van der Waals surface area contributed by atoms with Crippen LogP contribution in [-0.2, 0) is 0 Å². The predicted octanol–water partition coefficient (Wildman–Crippen LogP) is 5.91. The largest absolute Gasteiger partial charge is 1.00 e. The van der Waals surface area contributed by atoms with E-state index in [1.165, 1.54) is 146 Å². The molecule has 0 amide bonds. The van der Waals surface area contributed by atoms with Crippen molar-refractivity contribution in [1.29, 1.82) is 0 Å². The fourth-order valence-electron chi connectivity index (χ4n) is 4.52. The molecule has 0 aromatic rings. The minimum atomic E-state index is 0. The average Bonchev–Trinajstić information content (AvgIpc) is 2.67.